The van der Waals surface area contributed by atoms with Crippen molar-refractivity contribution < 1.29 is 0 Å². The Kier molecular flexibility index (Phi) is 1.96. The minimum Gasteiger partial charge on any atom is -0.351 e. The molecule has 2 nitrogen and oxygen atoms in total. The lowest BCUT2D eigenvalue weighted by Crippen LogP contribution is -2.35. The summed E-state index contributed by atoms with van der Waals surface area (Å²) < 4.78 is 0. The number of hydrogen-bond acceptors (Lipinski definition) is 3. The first-order chi connectivity index (χ1) is 6.08. The smallest absolute Gasteiger partial charge is 0.128 e. The van der Waals surface area contributed by atoms with E-state index in [9.17, 15) is 0 Å². The van der Waals surface area contributed by atoms with Crippen molar-refractivity contribution in [2.24, 2.45) is 4.99 Å². The highest BCUT2D eigenvalue weighted by Gasteiger charge is 2.28. The molecule has 1 aromatic rings. The van der Waals surface area contributed by atoms with Crippen LogP contribution in [0.2, 0.25) is 0 Å². The van der Waals surface area contributed by atoms with Crippen molar-refractivity contribution in [3.63, 3.8) is 0 Å². The summed E-state index contributed by atoms with van der Waals surface area (Å²) in [4.78, 5) is 6.42. The zero-order chi connectivity index (χ0) is 9.47. The molecule has 1 N–H and O–H groups in total. The highest BCUT2D eigenvalue weighted by atomic mass is 32.1. The Hall–Kier alpha value is -0.740. The molecule has 68 valence electrons. The van der Waals surface area contributed by atoms with Crippen molar-refractivity contribution in [3.05, 3.63) is 22.4 Å². The quantitative estimate of drug-likeness (QED) is 0.719. The summed E-state index contributed by atoms with van der Waals surface area (Å²) >= 11 is 6.87. The van der Waals surface area contributed by atoms with Crippen LogP contribution < -0.4 is 5.32 Å². The van der Waals surface area contributed by atoms with E-state index in [1.807, 2.05) is 31.4 Å². The van der Waals surface area contributed by atoms with Crippen LogP contribution in [0.4, 0.5) is 0 Å². The first-order valence-electron chi connectivity index (χ1n) is 4.05. The highest BCUT2D eigenvalue weighted by molar-refractivity contribution is 7.82. The van der Waals surface area contributed by atoms with Crippen LogP contribution in [0.15, 0.2) is 22.5 Å². The minimum atomic E-state index is -0.240. The molecule has 1 aliphatic heterocycles. The largest absolute Gasteiger partial charge is 0.351 e. The number of rotatable bonds is 1. The predicted molar refractivity (Wildman–Crippen MR) is 60.7 cm³/mol. The van der Waals surface area contributed by atoms with Crippen molar-refractivity contribution in [2.75, 3.05) is 0 Å². The molecule has 4 heteroatoms. The van der Waals surface area contributed by atoms with E-state index in [0.29, 0.717) is 0 Å². The van der Waals surface area contributed by atoms with E-state index >= 15 is 0 Å². The third kappa shape index (κ3) is 1.64. The lowest BCUT2D eigenvalue weighted by molar-refractivity contribution is 0.506. The maximum absolute atomic E-state index is 5.20. The van der Waals surface area contributed by atoms with Gasteiger partial charge in [-0.15, -0.1) is 11.3 Å². The van der Waals surface area contributed by atoms with Crippen LogP contribution in [0.1, 0.15) is 18.7 Å². The predicted octanol–water partition coefficient (Wildman–Crippen LogP) is 2.20. The molecule has 0 unspecified atom stereocenters. The van der Waals surface area contributed by atoms with Crippen LogP contribution in [0.25, 0.3) is 0 Å². The first-order valence-corrected chi connectivity index (χ1v) is 5.33. The summed E-state index contributed by atoms with van der Waals surface area (Å²) in [5, 5.41) is 5.20. The average molecular weight is 210 g/mol. The number of thiophene rings is 1. The molecule has 0 amide bonds. The van der Waals surface area contributed by atoms with E-state index in [0.717, 1.165) is 15.6 Å². The number of thiocarbonyl (C=S) groups is 1. The van der Waals surface area contributed by atoms with Gasteiger partial charge < -0.3 is 5.32 Å². The lowest BCUT2D eigenvalue weighted by atomic mass is 10.3. The van der Waals surface area contributed by atoms with Crippen molar-refractivity contribution in [3.8, 4) is 0 Å². The van der Waals surface area contributed by atoms with Crippen LogP contribution in [-0.2, 0) is 0 Å². The Labute approximate surface area is 86.7 Å². The normalized spacial score (nSPS) is 19.8. The van der Waals surface area contributed by atoms with Gasteiger partial charge in [-0.3, -0.25) is 4.99 Å². The van der Waals surface area contributed by atoms with Crippen LogP contribution in [0.5, 0.6) is 0 Å². The SMILES string of the molecule is CC1(C)N=C(c2cccs2)C(=S)N1. The summed E-state index contributed by atoms with van der Waals surface area (Å²) in [6.07, 6.45) is 0. The molecule has 1 aromatic heterocycles. The van der Waals surface area contributed by atoms with Crippen LogP contribution in [0.3, 0.4) is 0 Å². The number of aliphatic imine (C=N–C) groups is 1. The molecule has 0 fully saturated rings. The Morgan fingerprint density at radius 3 is 2.77 bits per heavy atom. The van der Waals surface area contributed by atoms with Crippen LogP contribution >= 0.6 is 23.6 Å². The van der Waals surface area contributed by atoms with E-state index in [1.54, 1.807) is 11.3 Å². The van der Waals surface area contributed by atoms with E-state index in [1.165, 1.54) is 0 Å². The summed E-state index contributed by atoms with van der Waals surface area (Å²) in [7, 11) is 0. The molecular formula is C9H10N2S2. The fraction of sp³-hybridized carbons (Fsp3) is 0.333. The fourth-order valence-corrected chi connectivity index (χ4v) is 2.47. The molecule has 2 heterocycles. The molecule has 2 rings (SSSR count). The van der Waals surface area contributed by atoms with E-state index < -0.39 is 0 Å². The molecule has 0 aromatic carbocycles. The van der Waals surface area contributed by atoms with E-state index in [2.05, 4.69) is 10.3 Å². The monoisotopic (exact) mass is 210 g/mol. The summed E-state index contributed by atoms with van der Waals surface area (Å²) in [5.74, 6) is 0. The van der Waals surface area contributed by atoms with Crippen LogP contribution in [-0.4, -0.2) is 16.4 Å². The van der Waals surface area contributed by atoms with Crippen LogP contribution in [0, 0.1) is 0 Å². The third-order valence-electron chi connectivity index (χ3n) is 1.78. The highest BCUT2D eigenvalue weighted by Crippen LogP contribution is 2.19. The molecule has 13 heavy (non-hydrogen) atoms. The maximum atomic E-state index is 5.20. The molecule has 0 radical (unpaired) electrons. The van der Waals surface area contributed by atoms with Gasteiger partial charge in [-0.1, -0.05) is 18.3 Å². The number of nitrogens with zero attached hydrogens (tertiary/aromatic N) is 1. The molecule has 1 aliphatic rings. The Morgan fingerprint density at radius 1 is 1.54 bits per heavy atom. The summed E-state index contributed by atoms with van der Waals surface area (Å²) in [6, 6.07) is 4.05. The summed E-state index contributed by atoms with van der Waals surface area (Å²) in [6.45, 7) is 4.03. The molecule has 0 bridgehead atoms. The van der Waals surface area contributed by atoms with Gasteiger partial charge in [0.25, 0.3) is 0 Å². The topological polar surface area (TPSA) is 24.4 Å². The molecular weight excluding hydrogens is 200 g/mol. The second-order valence-corrected chi connectivity index (χ2v) is 4.81. The van der Waals surface area contributed by atoms with Gasteiger partial charge in [0.05, 0.1) is 4.88 Å². The minimum absolute atomic E-state index is 0.240. The van der Waals surface area contributed by atoms with Gasteiger partial charge in [0.1, 0.15) is 16.4 Å². The van der Waals surface area contributed by atoms with Gasteiger partial charge in [0, 0.05) is 0 Å². The van der Waals surface area contributed by atoms with Gasteiger partial charge in [0.15, 0.2) is 0 Å². The number of hydrogen-bond donors (Lipinski definition) is 1. The fourth-order valence-electron chi connectivity index (χ4n) is 1.28. The Bertz CT molecular complexity index is 363. The third-order valence-corrected chi connectivity index (χ3v) is 2.95. The second kappa shape index (κ2) is 2.89. The Balaban J connectivity index is 2.40. The number of nitrogens with one attached hydrogen (secondary N) is 1. The van der Waals surface area contributed by atoms with Gasteiger partial charge in [0.2, 0.25) is 0 Å². The average Bonchev–Trinajstić information content (AvgIpc) is 2.56. The van der Waals surface area contributed by atoms with E-state index in [-0.39, 0.29) is 5.66 Å². The van der Waals surface area contributed by atoms with Crippen molar-refractivity contribution in [1.82, 2.24) is 5.32 Å². The molecule has 0 spiro atoms. The van der Waals surface area contributed by atoms with Gasteiger partial charge in [-0.25, -0.2) is 0 Å². The zero-order valence-corrected chi connectivity index (χ0v) is 9.13. The second-order valence-electron chi connectivity index (χ2n) is 3.45. The first kappa shape index (κ1) is 8.84. The molecule has 0 saturated heterocycles. The van der Waals surface area contributed by atoms with Crippen molar-refractivity contribution in [1.29, 1.82) is 0 Å². The lowest BCUT2D eigenvalue weighted by Gasteiger charge is -2.13. The molecule has 0 atom stereocenters. The van der Waals surface area contributed by atoms with E-state index in [4.69, 9.17) is 12.2 Å². The molecule has 0 saturated carbocycles. The van der Waals surface area contributed by atoms with Gasteiger partial charge in [-0.2, -0.15) is 0 Å². The van der Waals surface area contributed by atoms with Gasteiger partial charge >= 0.3 is 0 Å². The zero-order valence-electron chi connectivity index (χ0n) is 7.50. The van der Waals surface area contributed by atoms with Crippen molar-refractivity contribution in [2.45, 2.75) is 19.5 Å². The summed E-state index contributed by atoms with van der Waals surface area (Å²) in [5.41, 5.74) is 0.686. The standard InChI is InChI=1S/C9H10N2S2/c1-9(2)10-7(8(12)11-9)6-4-3-5-13-6/h3-5H,1-2H3,(H,11,12). The Morgan fingerprint density at radius 2 is 2.31 bits per heavy atom. The maximum Gasteiger partial charge on any atom is 0.128 e. The molecule has 0 aliphatic carbocycles. The van der Waals surface area contributed by atoms with Crippen molar-refractivity contribution >= 4 is 34.3 Å². The van der Waals surface area contributed by atoms with Gasteiger partial charge in [-0.05, 0) is 25.3 Å².